The topological polar surface area (TPSA) is 147 Å². The second-order valence-electron chi connectivity index (χ2n) is 6.23. The first-order chi connectivity index (χ1) is 12.5. The van der Waals surface area contributed by atoms with E-state index >= 15 is 0 Å². The molecule has 1 saturated heterocycles. The summed E-state index contributed by atoms with van der Waals surface area (Å²) in [6, 6.07) is 4.21. The van der Waals surface area contributed by atoms with Crippen LogP contribution in [0.15, 0.2) is 18.2 Å². The predicted octanol–water partition coefficient (Wildman–Crippen LogP) is 0.398. The van der Waals surface area contributed by atoms with E-state index in [1.165, 1.54) is 18.2 Å². The lowest BCUT2D eigenvalue weighted by molar-refractivity contribution is -0.384. The van der Waals surface area contributed by atoms with Gasteiger partial charge in [-0.05, 0) is 18.9 Å². The third-order valence-corrected chi connectivity index (χ3v) is 4.48. The van der Waals surface area contributed by atoms with Gasteiger partial charge in [0.1, 0.15) is 0 Å². The maximum atomic E-state index is 12.9. The zero-order chi connectivity index (χ0) is 18.7. The molecule has 3 rings (SSSR count). The summed E-state index contributed by atoms with van der Waals surface area (Å²) in [5.74, 6) is -0.748. The smallest absolute Gasteiger partial charge is 0.275 e. The van der Waals surface area contributed by atoms with E-state index in [9.17, 15) is 19.7 Å². The number of aromatic nitrogens is 2. The van der Waals surface area contributed by atoms with E-state index in [2.05, 4.69) is 15.5 Å². The fourth-order valence-electron chi connectivity index (χ4n) is 3.14. The molecule has 2 heterocycles. The van der Waals surface area contributed by atoms with Gasteiger partial charge in [0.15, 0.2) is 5.69 Å². The molecule has 138 valence electrons. The van der Waals surface area contributed by atoms with Gasteiger partial charge in [-0.25, -0.2) is 0 Å². The van der Waals surface area contributed by atoms with Gasteiger partial charge in [-0.2, -0.15) is 5.10 Å². The summed E-state index contributed by atoms with van der Waals surface area (Å²) < 4.78 is 0. The Labute approximate surface area is 148 Å². The quantitative estimate of drug-likeness (QED) is 0.519. The van der Waals surface area contributed by atoms with Crippen molar-refractivity contribution in [1.29, 1.82) is 0 Å². The van der Waals surface area contributed by atoms with Crippen LogP contribution >= 0.6 is 0 Å². The fraction of sp³-hybridized carbons (Fsp3) is 0.438. The molecule has 0 spiro atoms. The molecule has 10 heteroatoms. The van der Waals surface area contributed by atoms with Gasteiger partial charge in [0, 0.05) is 43.7 Å². The summed E-state index contributed by atoms with van der Waals surface area (Å²) in [5.41, 5.74) is 5.97. The lowest BCUT2D eigenvalue weighted by atomic mass is 9.96. The number of H-pyrrole nitrogens is 1. The summed E-state index contributed by atoms with van der Waals surface area (Å²) >= 11 is 0. The van der Waals surface area contributed by atoms with Crippen LogP contribution in [0, 0.1) is 16.0 Å². The summed E-state index contributed by atoms with van der Waals surface area (Å²) in [5, 5.41) is 20.9. The molecule has 1 unspecified atom stereocenters. The summed E-state index contributed by atoms with van der Waals surface area (Å²) in [4.78, 5) is 37.0. The number of amides is 2. The Morgan fingerprint density at radius 2 is 2.27 bits per heavy atom. The van der Waals surface area contributed by atoms with Crippen LogP contribution in [0.3, 0.4) is 0 Å². The number of benzene rings is 1. The van der Waals surface area contributed by atoms with Crippen molar-refractivity contribution in [2.45, 2.75) is 12.8 Å². The average molecular weight is 360 g/mol. The highest BCUT2D eigenvalue weighted by Gasteiger charge is 2.30. The summed E-state index contributed by atoms with van der Waals surface area (Å²) in [7, 11) is 0. The molecular weight excluding hydrogens is 340 g/mol. The number of nitrogens with two attached hydrogens (primary N) is 1. The van der Waals surface area contributed by atoms with Crippen molar-refractivity contribution in [3.63, 3.8) is 0 Å². The highest BCUT2D eigenvalue weighted by atomic mass is 16.6. The number of nitro groups is 1. The molecule has 0 radical (unpaired) electrons. The number of rotatable bonds is 5. The van der Waals surface area contributed by atoms with Gasteiger partial charge in [0.2, 0.25) is 5.91 Å². The van der Waals surface area contributed by atoms with Gasteiger partial charge in [-0.15, -0.1) is 0 Å². The number of non-ortho nitro benzene ring substituents is 1. The third-order valence-electron chi connectivity index (χ3n) is 4.48. The summed E-state index contributed by atoms with van der Waals surface area (Å²) in [6.45, 7) is 1.57. The number of aromatic amines is 1. The zero-order valence-electron chi connectivity index (χ0n) is 14.1. The Balaban J connectivity index is 1.80. The molecule has 1 fully saturated rings. The van der Waals surface area contributed by atoms with Crippen LogP contribution in [0.25, 0.3) is 10.9 Å². The van der Waals surface area contributed by atoms with Gasteiger partial charge < -0.3 is 16.0 Å². The molecule has 26 heavy (non-hydrogen) atoms. The number of piperidine rings is 1. The highest BCUT2D eigenvalue weighted by Crippen LogP contribution is 2.25. The molecule has 1 aromatic heterocycles. The molecule has 1 aliphatic rings. The molecule has 2 amide bonds. The van der Waals surface area contributed by atoms with Gasteiger partial charge in [0.25, 0.3) is 11.6 Å². The predicted molar refractivity (Wildman–Crippen MR) is 93.4 cm³/mol. The minimum atomic E-state index is -0.514. The number of hydrogen-bond acceptors (Lipinski definition) is 6. The zero-order valence-corrected chi connectivity index (χ0v) is 14.1. The number of nitro benzene ring substituents is 1. The number of hydrogen-bond donors (Lipinski definition) is 3. The molecule has 1 atom stereocenters. The van der Waals surface area contributed by atoms with Crippen LogP contribution in [-0.2, 0) is 4.79 Å². The van der Waals surface area contributed by atoms with Crippen LogP contribution in [-0.4, -0.2) is 58.0 Å². The van der Waals surface area contributed by atoms with Crippen molar-refractivity contribution < 1.29 is 14.5 Å². The summed E-state index contributed by atoms with van der Waals surface area (Å²) in [6.07, 6.45) is 1.40. The van der Waals surface area contributed by atoms with Crippen LogP contribution in [0.2, 0.25) is 0 Å². The molecule has 1 aliphatic heterocycles. The van der Waals surface area contributed by atoms with E-state index in [4.69, 9.17) is 5.73 Å². The molecule has 0 bridgehead atoms. The van der Waals surface area contributed by atoms with Crippen molar-refractivity contribution in [2.75, 3.05) is 26.2 Å². The number of nitrogens with one attached hydrogen (secondary N) is 2. The number of carbonyl (C=O) groups excluding carboxylic acids is 2. The molecule has 10 nitrogen and oxygen atoms in total. The standard InChI is InChI=1S/C16H20N6O4/c17-5-6-18-15(23)10-2-1-7-21(9-10)16(24)14-12-8-11(22(25)26)3-4-13(12)19-20-14/h3-4,8,10H,1-2,5-7,9,17H2,(H,18,23)(H,19,20). The van der Waals surface area contributed by atoms with Crippen molar-refractivity contribution in [3.05, 3.63) is 34.0 Å². The van der Waals surface area contributed by atoms with Gasteiger partial charge >= 0.3 is 0 Å². The Kier molecular flexibility index (Phi) is 5.12. The number of likely N-dealkylation sites (tertiary alicyclic amines) is 1. The van der Waals surface area contributed by atoms with Crippen LogP contribution in [0.4, 0.5) is 5.69 Å². The van der Waals surface area contributed by atoms with E-state index in [1.807, 2.05) is 0 Å². The van der Waals surface area contributed by atoms with Crippen LogP contribution < -0.4 is 11.1 Å². The SMILES string of the molecule is NCCNC(=O)C1CCCN(C(=O)c2n[nH]c3ccc([N+](=O)[O-])cc23)C1. The minimum absolute atomic E-state index is 0.106. The van der Waals surface area contributed by atoms with Gasteiger partial charge in [0.05, 0.1) is 16.4 Å². The van der Waals surface area contributed by atoms with Crippen LogP contribution in [0.1, 0.15) is 23.3 Å². The van der Waals surface area contributed by atoms with Crippen molar-refractivity contribution >= 4 is 28.4 Å². The third kappa shape index (κ3) is 3.49. The first-order valence-corrected chi connectivity index (χ1v) is 8.41. The fourth-order valence-corrected chi connectivity index (χ4v) is 3.14. The Hall–Kier alpha value is -3.01. The normalized spacial score (nSPS) is 17.3. The van der Waals surface area contributed by atoms with E-state index in [0.717, 1.165) is 0 Å². The van der Waals surface area contributed by atoms with E-state index in [1.54, 1.807) is 4.90 Å². The number of carbonyl (C=O) groups is 2. The molecular formula is C16H20N6O4. The van der Waals surface area contributed by atoms with Crippen molar-refractivity contribution in [3.8, 4) is 0 Å². The maximum Gasteiger partial charge on any atom is 0.275 e. The molecule has 2 aromatic rings. The lowest BCUT2D eigenvalue weighted by Gasteiger charge is -2.31. The second kappa shape index (κ2) is 7.48. The van der Waals surface area contributed by atoms with E-state index in [0.29, 0.717) is 49.9 Å². The Bertz CT molecular complexity index is 848. The highest BCUT2D eigenvalue weighted by molar-refractivity contribution is 6.05. The maximum absolute atomic E-state index is 12.9. The Morgan fingerprint density at radius 3 is 3.00 bits per heavy atom. The number of fused-ring (bicyclic) bond motifs is 1. The van der Waals surface area contributed by atoms with Gasteiger partial charge in [-0.1, -0.05) is 0 Å². The molecule has 1 aromatic carbocycles. The monoisotopic (exact) mass is 360 g/mol. The molecule has 4 N–H and O–H groups in total. The average Bonchev–Trinajstić information content (AvgIpc) is 3.08. The van der Waals surface area contributed by atoms with Crippen molar-refractivity contribution in [1.82, 2.24) is 20.4 Å². The lowest BCUT2D eigenvalue weighted by Crippen LogP contribution is -2.46. The first-order valence-electron chi connectivity index (χ1n) is 8.41. The number of nitrogens with zero attached hydrogens (tertiary/aromatic N) is 3. The van der Waals surface area contributed by atoms with Crippen LogP contribution in [0.5, 0.6) is 0 Å². The molecule has 0 saturated carbocycles. The largest absolute Gasteiger partial charge is 0.355 e. The van der Waals surface area contributed by atoms with E-state index in [-0.39, 0.29) is 29.1 Å². The molecule has 0 aliphatic carbocycles. The second-order valence-corrected chi connectivity index (χ2v) is 6.23. The minimum Gasteiger partial charge on any atom is -0.355 e. The van der Waals surface area contributed by atoms with E-state index < -0.39 is 4.92 Å². The van der Waals surface area contributed by atoms with Crippen molar-refractivity contribution in [2.24, 2.45) is 11.7 Å². The van der Waals surface area contributed by atoms with Gasteiger partial charge in [-0.3, -0.25) is 24.8 Å². The Morgan fingerprint density at radius 1 is 1.46 bits per heavy atom. The first kappa shape index (κ1) is 17.8.